The fraction of sp³-hybridized carbons (Fsp3) is 0.217. The maximum absolute atomic E-state index is 12.4. The molecule has 0 spiro atoms. The molecule has 0 atom stereocenters. The highest BCUT2D eigenvalue weighted by atomic mass is 35.5. The highest BCUT2D eigenvalue weighted by Crippen LogP contribution is 2.29. The van der Waals surface area contributed by atoms with Gasteiger partial charge in [0.05, 0.1) is 16.4 Å². The van der Waals surface area contributed by atoms with Gasteiger partial charge in [0.1, 0.15) is 5.69 Å². The summed E-state index contributed by atoms with van der Waals surface area (Å²) in [6.45, 7) is 0. The summed E-state index contributed by atoms with van der Waals surface area (Å²) in [4.78, 5) is 16.2. The molecule has 0 radical (unpaired) electrons. The van der Waals surface area contributed by atoms with Crippen molar-refractivity contribution in [3.8, 4) is 23.1 Å². The Morgan fingerprint density at radius 2 is 1.81 bits per heavy atom. The standard InChI is InChI=1S/C23H20Cl2N6O/c24-17-11-9-15(10-12-17)21-13-19(30-31(21)20-8-4-3-7-18(20)25)22(27-14-26)28-29-23(32)16-5-1-2-6-16/h3-4,7-13,16H,1-2,5-6H2,(H,27,28)(H,29,32). The molecule has 1 aromatic heterocycles. The van der Waals surface area contributed by atoms with Gasteiger partial charge in [0.15, 0.2) is 5.84 Å². The minimum atomic E-state index is -0.114. The molecule has 7 nitrogen and oxygen atoms in total. The number of aliphatic imine (C=N–C) groups is 1. The molecule has 0 aliphatic heterocycles. The summed E-state index contributed by atoms with van der Waals surface area (Å²) in [7, 11) is 0. The van der Waals surface area contributed by atoms with Crippen LogP contribution in [0.5, 0.6) is 0 Å². The number of halogens is 2. The molecule has 2 N–H and O–H groups in total. The van der Waals surface area contributed by atoms with Crippen LogP contribution in [0.4, 0.5) is 0 Å². The Kier molecular flexibility index (Phi) is 6.74. The van der Waals surface area contributed by atoms with Gasteiger partial charge in [-0.25, -0.2) is 4.68 Å². The van der Waals surface area contributed by atoms with Crippen molar-refractivity contribution < 1.29 is 4.79 Å². The molecule has 1 heterocycles. The molecule has 4 rings (SSSR count). The third-order valence-electron chi connectivity index (χ3n) is 5.36. The Bertz CT molecular complexity index is 1190. The summed E-state index contributed by atoms with van der Waals surface area (Å²) in [6, 6.07) is 16.4. The number of hydrazine groups is 1. The first-order valence-corrected chi connectivity index (χ1v) is 11.0. The van der Waals surface area contributed by atoms with Gasteiger partial charge in [-0.15, -0.1) is 0 Å². The number of nitriles is 1. The topological polar surface area (TPSA) is 95.1 Å². The van der Waals surface area contributed by atoms with E-state index < -0.39 is 0 Å². The van der Waals surface area contributed by atoms with E-state index in [0.29, 0.717) is 21.4 Å². The summed E-state index contributed by atoms with van der Waals surface area (Å²) >= 11 is 12.5. The van der Waals surface area contributed by atoms with Gasteiger partial charge in [-0.2, -0.15) is 15.4 Å². The van der Waals surface area contributed by atoms with Crippen molar-refractivity contribution in [3.63, 3.8) is 0 Å². The smallest absolute Gasteiger partial charge is 0.241 e. The number of benzene rings is 2. The van der Waals surface area contributed by atoms with Crippen LogP contribution in [-0.4, -0.2) is 21.5 Å². The number of rotatable bonds is 4. The summed E-state index contributed by atoms with van der Waals surface area (Å²) in [5, 5.41) is 15.0. The van der Waals surface area contributed by atoms with Crippen molar-refractivity contribution in [2.75, 3.05) is 0 Å². The SMILES string of the molecule is N#CN=C(NNC(=O)C1CCCC1)c1cc(-c2ccc(Cl)cc2)n(-c2ccccc2Cl)n1. The minimum Gasteiger partial charge on any atom is -0.279 e. The van der Waals surface area contributed by atoms with E-state index in [2.05, 4.69) is 20.9 Å². The van der Waals surface area contributed by atoms with Gasteiger partial charge in [0.25, 0.3) is 0 Å². The Balaban J connectivity index is 1.71. The summed E-state index contributed by atoms with van der Waals surface area (Å²) in [5.41, 5.74) is 8.06. The van der Waals surface area contributed by atoms with Crippen LogP contribution in [0.2, 0.25) is 10.0 Å². The lowest BCUT2D eigenvalue weighted by Gasteiger charge is -2.12. The van der Waals surface area contributed by atoms with Gasteiger partial charge >= 0.3 is 0 Å². The number of aromatic nitrogens is 2. The highest BCUT2D eigenvalue weighted by molar-refractivity contribution is 6.32. The summed E-state index contributed by atoms with van der Waals surface area (Å²) < 4.78 is 1.67. The molecule has 9 heteroatoms. The molecular weight excluding hydrogens is 447 g/mol. The maximum atomic E-state index is 12.4. The van der Waals surface area contributed by atoms with E-state index in [4.69, 9.17) is 23.2 Å². The fourth-order valence-electron chi connectivity index (χ4n) is 3.74. The van der Waals surface area contributed by atoms with Crippen molar-refractivity contribution in [2.24, 2.45) is 10.9 Å². The lowest BCUT2D eigenvalue weighted by molar-refractivity contribution is -0.125. The van der Waals surface area contributed by atoms with Gasteiger partial charge in [0.2, 0.25) is 12.1 Å². The zero-order chi connectivity index (χ0) is 22.5. The molecular formula is C23H20Cl2N6O. The number of hydrogen-bond acceptors (Lipinski definition) is 4. The first-order valence-electron chi connectivity index (χ1n) is 10.2. The van der Waals surface area contributed by atoms with Crippen LogP contribution in [0.15, 0.2) is 59.6 Å². The van der Waals surface area contributed by atoms with Crippen LogP contribution < -0.4 is 10.9 Å². The Morgan fingerprint density at radius 3 is 2.50 bits per heavy atom. The number of hydrogen-bond donors (Lipinski definition) is 2. The van der Waals surface area contributed by atoms with Crippen molar-refractivity contribution in [1.29, 1.82) is 5.26 Å². The largest absolute Gasteiger partial charge is 0.279 e. The molecule has 0 unspecified atom stereocenters. The fourth-order valence-corrected chi connectivity index (χ4v) is 4.08. The van der Waals surface area contributed by atoms with Crippen LogP contribution in [0.25, 0.3) is 16.9 Å². The van der Waals surface area contributed by atoms with Crippen LogP contribution in [0.3, 0.4) is 0 Å². The molecule has 3 aromatic rings. The van der Waals surface area contributed by atoms with Crippen LogP contribution >= 0.6 is 23.2 Å². The second-order valence-electron chi connectivity index (χ2n) is 7.44. The van der Waals surface area contributed by atoms with E-state index in [9.17, 15) is 10.1 Å². The number of nitrogens with one attached hydrogen (secondary N) is 2. The molecule has 1 aliphatic rings. The highest BCUT2D eigenvalue weighted by Gasteiger charge is 2.23. The number of nitrogens with zero attached hydrogens (tertiary/aromatic N) is 4. The first kappa shape index (κ1) is 21.9. The monoisotopic (exact) mass is 466 g/mol. The second kappa shape index (κ2) is 9.86. The summed E-state index contributed by atoms with van der Waals surface area (Å²) in [5.74, 6) is -0.00684. The molecule has 32 heavy (non-hydrogen) atoms. The second-order valence-corrected chi connectivity index (χ2v) is 8.28. The number of amidine groups is 1. The van der Waals surface area contributed by atoms with Gasteiger partial charge < -0.3 is 0 Å². The van der Waals surface area contributed by atoms with Crippen LogP contribution in [0.1, 0.15) is 31.4 Å². The Labute approximate surface area is 195 Å². The molecule has 1 amide bonds. The molecule has 1 aliphatic carbocycles. The summed E-state index contributed by atoms with van der Waals surface area (Å²) in [6.07, 6.45) is 5.58. The average Bonchev–Trinajstić information content (AvgIpc) is 3.48. The van der Waals surface area contributed by atoms with Gasteiger partial charge in [-0.05, 0) is 43.2 Å². The van der Waals surface area contributed by atoms with E-state index in [-0.39, 0.29) is 17.7 Å². The minimum absolute atomic E-state index is 0.0313. The van der Waals surface area contributed by atoms with Gasteiger partial charge in [-0.1, -0.05) is 60.3 Å². The molecule has 1 fully saturated rings. The zero-order valence-electron chi connectivity index (χ0n) is 17.1. The van der Waals surface area contributed by atoms with Crippen molar-refractivity contribution in [1.82, 2.24) is 20.6 Å². The quantitative estimate of drug-likeness (QED) is 0.247. The lowest BCUT2D eigenvalue weighted by Crippen LogP contribution is -2.44. The Hall–Kier alpha value is -3.34. The predicted octanol–water partition coefficient (Wildman–Crippen LogP) is 4.88. The lowest BCUT2D eigenvalue weighted by atomic mass is 10.1. The number of carbonyl (C=O) groups is 1. The average molecular weight is 467 g/mol. The molecule has 0 bridgehead atoms. The van der Waals surface area contributed by atoms with Gasteiger partial charge in [-0.3, -0.25) is 15.6 Å². The molecule has 2 aromatic carbocycles. The van der Waals surface area contributed by atoms with Crippen molar-refractivity contribution in [2.45, 2.75) is 25.7 Å². The first-order chi connectivity index (χ1) is 15.6. The predicted molar refractivity (Wildman–Crippen MR) is 124 cm³/mol. The molecule has 0 saturated heterocycles. The normalized spacial score (nSPS) is 14.2. The van der Waals surface area contributed by atoms with E-state index in [1.165, 1.54) is 0 Å². The third-order valence-corrected chi connectivity index (χ3v) is 5.94. The van der Waals surface area contributed by atoms with Crippen LogP contribution in [0, 0.1) is 17.4 Å². The van der Waals surface area contributed by atoms with Crippen molar-refractivity contribution in [3.05, 3.63) is 70.3 Å². The number of para-hydroxylation sites is 1. The molecule has 1 saturated carbocycles. The number of amides is 1. The zero-order valence-corrected chi connectivity index (χ0v) is 18.6. The van der Waals surface area contributed by atoms with E-state index in [1.54, 1.807) is 35.1 Å². The van der Waals surface area contributed by atoms with Gasteiger partial charge in [0, 0.05) is 16.5 Å². The van der Waals surface area contributed by atoms with Crippen molar-refractivity contribution >= 4 is 34.9 Å². The molecule has 162 valence electrons. The third kappa shape index (κ3) is 4.77. The van der Waals surface area contributed by atoms with E-state index >= 15 is 0 Å². The van der Waals surface area contributed by atoms with Crippen LogP contribution in [-0.2, 0) is 4.79 Å². The number of carbonyl (C=O) groups excluding carboxylic acids is 1. The maximum Gasteiger partial charge on any atom is 0.241 e. The van der Waals surface area contributed by atoms with E-state index in [0.717, 1.165) is 36.9 Å². The van der Waals surface area contributed by atoms with E-state index in [1.807, 2.05) is 30.3 Å². The Morgan fingerprint density at radius 1 is 1.09 bits per heavy atom.